The molecule has 2 amide bonds. The van der Waals surface area contributed by atoms with Crippen LogP contribution in [0.2, 0.25) is 0 Å². The zero-order chi connectivity index (χ0) is 22.7. The maximum Gasteiger partial charge on any atom is 0.262 e. The summed E-state index contributed by atoms with van der Waals surface area (Å²) in [5.74, 6) is 0.387. The topological polar surface area (TPSA) is 76.5 Å². The molecule has 168 valence electrons. The molecule has 1 aromatic heterocycles. The number of piperidine rings is 1. The van der Waals surface area contributed by atoms with Gasteiger partial charge < -0.3 is 15.0 Å². The van der Waals surface area contributed by atoms with E-state index in [1.54, 1.807) is 29.2 Å². The minimum Gasteiger partial charge on any atom is -0.484 e. The van der Waals surface area contributed by atoms with Crippen LogP contribution >= 0.6 is 0 Å². The minimum atomic E-state index is -0.282. The second kappa shape index (κ2) is 8.94. The van der Waals surface area contributed by atoms with E-state index in [0.717, 1.165) is 25.9 Å². The van der Waals surface area contributed by atoms with Crippen LogP contribution in [0.5, 0.6) is 5.75 Å². The highest BCUT2D eigenvalue weighted by atomic mass is 16.5. The van der Waals surface area contributed by atoms with E-state index < -0.39 is 0 Å². The average molecular weight is 443 g/mol. The molecule has 1 aliphatic heterocycles. The maximum absolute atomic E-state index is 12.8. The number of carbonyl (C=O) groups excluding carboxylic acids is 2. The molecule has 0 bridgehead atoms. The van der Waals surface area contributed by atoms with Crippen molar-refractivity contribution in [3.05, 3.63) is 84.2 Å². The normalized spacial score (nSPS) is 15.9. The second-order valence-corrected chi connectivity index (χ2v) is 8.53. The summed E-state index contributed by atoms with van der Waals surface area (Å²) in [5, 5.41) is 6.97. The van der Waals surface area contributed by atoms with E-state index in [1.165, 1.54) is 11.1 Å². The Labute approximate surface area is 192 Å². The van der Waals surface area contributed by atoms with Crippen molar-refractivity contribution in [1.82, 2.24) is 14.7 Å². The van der Waals surface area contributed by atoms with Crippen LogP contribution in [-0.4, -0.2) is 46.2 Å². The number of carbonyl (C=O) groups is 2. The van der Waals surface area contributed by atoms with Gasteiger partial charge >= 0.3 is 0 Å². The monoisotopic (exact) mass is 442 g/mol. The van der Waals surface area contributed by atoms with E-state index in [1.807, 2.05) is 23.1 Å². The molecule has 1 spiro atoms. The minimum absolute atomic E-state index is 0.0356. The van der Waals surface area contributed by atoms with E-state index in [-0.39, 0.29) is 30.4 Å². The third-order valence-electron chi connectivity index (χ3n) is 6.41. The van der Waals surface area contributed by atoms with Crippen LogP contribution in [0.25, 0.3) is 6.08 Å². The van der Waals surface area contributed by atoms with Crippen molar-refractivity contribution in [2.24, 2.45) is 0 Å². The van der Waals surface area contributed by atoms with Gasteiger partial charge in [0, 0.05) is 24.7 Å². The van der Waals surface area contributed by atoms with Gasteiger partial charge in [0.05, 0.1) is 11.9 Å². The van der Waals surface area contributed by atoms with Gasteiger partial charge in [-0.25, -0.2) is 0 Å². The van der Waals surface area contributed by atoms with Crippen LogP contribution in [0.1, 0.15) is 24.0 Å². The van der Waals surface area contributed by atoms with Crippen molar-refractivity contribution in [3.63, 3.8) is 0 Å². The van der Waals surface area contributed by atoms with Gasteiger partial charge in [-0.05, 0) is 36.1 Å². The largest absolute Gasteiger partial charge is 0.484 e. The summed E-state index contributed by atoms with van der Waals surface area (Å²) in [6, 6.07) is 17.7. The number of anilines is 1. The van der Waals surface area contributed by atoms with Gasteiger partial charge in [0.15, 0.2) is 6.61 Å². The zero-order valence-corrected chi connectivity index (χ0v) is 18.3. The van der Waals surface area contributed by atoms with E-state index in [0.29, 0.717) is 11.4 Å². The first-order chi connectivity index (χ1) is 16.1. The van der Waals surface area contributed by atoms with Gasteiger partial charge in [-0.15, -0.1) is 0 Å². The van der Waals surface area contributed by atoms with Crippen LogP contribution in [0.3, 0.4) is 0 Å². The quantitative estimate of drug-likeness (QED) is 0.634. The van der Waals surface area contributed by atoms with Crippen molar-refractivity contribution in [2.75, 3.05) is 25.0 Å². The van der Waals surface area contributed by atoms with Gasteiger partial charge in [0.1, 0.15) is 12.3 Å². The SMILES string of the molecule is O=C(COc1ccccc1)Nc1cnn(CC(=O)N2CCC3(C=Cc4ccccc43)CC2)c1. The van der Waals surface area contributed by atoms with Crippen molar-refractivity contribution < 1.29 is 14.3 Å². The number of fused-ring (bicyclic) bond motifs is 2. The number of nitrogens with one attached hydrogen (secondary N) is 1. The first kappa shape index (κ1) is 21.0. The molecule has 1 fully saturated rings. The number of allylic oxidation sites excluding steroid dienone is 1. The fraction of sp³-hybridized carbons (Fsp3) is 0.269. The van der Waals surface area contributed by atoms with Crippen LogP contribution < -0.4 is 10.1 Å². The summed E-state index contributed by atoms with van der Waals surface area (Å²) < 4.78 is 7.01. The highest BCUT2D eigenvalue weighted by Crippen LogP contribution is 2.43. The Hall–Kier alpha value is -3.87. The Balaban J connectivity index is 1.11. The van der Waals surface area contributed by atoms with Gasteiger partial charge in [-0.3, -0.25) is 14.3 Å². The molecule has 0 atom stereocenters. The molecule has 7 nitrogen and oxygen atoms in total. The van der Waals surface area contributed by atoms with Crippen molar-refractivity contribution in [1.29, 1.82) is 0 Å². The van der Waals surface area contributed by atoms with Gasteiger partial charge in [0.2, 0.25) is 5.91 Å². The number of aromatic nitrogens is 2. The van der Waals surface area contributed by atoms with E-state index >= 15 is 0 Å². The summed E-state index contributed by atoms with van der Waals surface area (Å²) in [6.07, 6.45) is 9.57. The first-order valence-electron chi connectivity index (χ1n) is 11.2. The number of hydrogen-bond donors (Lipinski definition) is 1. The molecule has 0 radical (unpaired) electrons. The molecular weight excluding hydrogens is 416 g/mol. The Kier molecular flexibility index (Phi) is 5.69. The molecule has 2 heterocycles. The molecule has 0 saturated carbocycles. The smallest absolute Gasteiger partial charge is 0.262 e. The number of benzene rings is 2. The Morgan fingerprint density at radius 3 is 2.61 bits per heavy atom. The first-order valence-corrected chi connectivity index (χ1v) is 11.2. The molecular formula is C26H26N4O3. The van der Waals surface area contributed by atoms with Crippen LogP contribution in [0.15, 0.2) is 73.1 Å². The number of likely N-dealkylation sites (tertiary alicyclic amines) is 1. The molecule has 2 aromatic carbocycles. The summed E-state index contributed by atoms with van der Waals surface area (Å²) in [7, 11) is 0. The van der Waals surface area contributed by atoms with Crippen molar-refractivity contribution in [3.8, 4) is 5.75 Å². The Morgan fingerprint density at radius 2 is 1.79 bits per heavy atom. The predicted octanol–water partition coefficient (Wildman–Crippen LogP) is 3.49. The lowest BCUT2D eigenvalue weighted by atomic mass is 9.74. The highest BCUT2D eigenvalue weighted by Gasteiger charge is 2.38. The number of nitrogens with zero attached hydrogens (tertiary/aromatic N) is 3. The van der Waals surface area contributed by atoms with Gasteiger partial charge in [0.25, 0.3) is 5.91 Å². The second-order valence-electron chi connectivity index (χ2n) is 8.53. The molecule has 2 aliphatic rings. The van der Waals surface area contributed by atoms with Crippen LogP contribution in [0, 0.1) is 0 Å². The Bertz CT molecular complexity index is 1180. The number of amides is 2. The number of ether oxygens (including phenoxy) is 1. The molecule has 5 rings (SSSR count). The predicted molar refractivity (Wildman–Crippen MR) is 126 cm³/mol. The molecule has 1 aliphatic carbocycles. The van der Waals surface area contributed by atoms with E-state index in [4.69, 9.17) is 4.74 Å². The highest BCUT2D eigenvalue weighted by molar-refractivity contribution is 5.91. The van der Waals surface area contributed by atoms with Crippen molar-refractivity contribution in [2.45, 2.75) is 24.8 Å². The molecule has 1 N–H and O–H groups in total. The van der Waals surface area contributed by atoms with Gasteiger partial charge in [-0.1, -0.05) is 54.6 Å². The Morgan fingerprint density at radius 1 is 1.03 bits per heavy atom. The van der Waals surface area contributed by atoms with E-state index in [2.05, 4.69) is 46.8 Å². The number of para-hydroxylation sites is 1. The standard InChI is InChI=1S/C26H26N4O3/c31-24(19-33-22-7-2-1-3-8-22)28-21-16-27-30(17-21)18-25(32)29-14-12-26(13-15-29)11-10-20-6-4-5-9-23(20)26/h1-11,16-17H,12-15,18-19H2,(H,28,31). The molecule has 0 unspecified atom stereocenters. The average Bonchev–Trinajstić information content (AvgIpc) is 3.43. The van der Waals surface area contributed by atoms with Gasteiger partial charge in [-0.2, -0.15) is 5.10 Å². The zero-order valence-electron chi connectivity index (χ0n) is 18.3. The van der Waals surface area contributed by atoms with Crippen molar-refractivity contribution >= 4 is 23.6 Å². The summed E-state index contributed by atoms with van der Waals surface area (Å²) in [6.45, 7) is 1.50. The summed E-state index contributed by atoms with van der Waals surface area (Å²) in [5.41, 5.74) is 3.26. The van der Waals surface area contributed by atoms with Crippen LogP contribution in [-0.2, 0) is 21.5 Å². The van der Waals surface area contributed by atoms with Crippen LogP contribution in [0.4, 0.5) is 5.69 Å². The molecule has 3 aromatic rings. The molecule has 7 heteroatoms. The third kappa shape index (κ3) is 4.53. The fourth-order valence-electron chi connectivity index (χ4n) is 4.64. The number of rotatable bonds is 6. The molecule has 33 heavy (non-hydrogen) atoms. The summed E-state index contributed by atoms with van der Waals surface area (Å²) in [4.78, 5) is 26.9. The maximum atomic E-state index is 12.8. The summed E-state index contributed by atoms with van der Waals surface area (Å²) >= 11 is 0. The lowest BCUT2D eigenvalue weighted by Crippen LogP contribution is -2.45. The number of hydrogen-bond acceptors (Lipinski definition) is 4. The third-order valence-corrected chi connectivity index (χ3v) is 6.41. The molecule has 1 saturated heterocycles. The van der Waals surface area contributed by atoms with E-state index in [9.17, 15) is 9.59 Å². The fourth-order valence-corrected chi connectivity index (χ4v) is 4.64. The lowest BCUT2D eigenvalue weighted by Gasteiger charge is -2.39. The lowest BCUT2D eigenvalue weighted by molar-refractivity contribution is -0.133.